The molecule has 0 aromatic heterocycles. The first kappa shape index (κ1) is 14.7. The van der Waals surface area contributed by atoms with Crippen molar-refractivity contribution < 1.29 is 19.1 Å². The highest BCUT2D eigenvalue weighted by Crippen LogP contribution is 2.11. The van der Waals surface area contributed by atoms with Gasteiger partial charge < -0.3 is 9.47 Å². The molecule has 100 valence electrons. The van der Waals surface area contributed by atoms with Crippen molar-refractivity contribution in [1.29, 1.82) is 0 Å². The molecule has 0 unspecified atom stereocenters. The number of hydrogen-bond acceptors (Lipinski definition) is 4. The summed E-state index contributed by atoms with van der Waals surface area (Å²) in [5.41, 5.74) is 1.75. The highest BCUT2D eigenvalue weighted by atomic mass is 16.6. The lowest BCUT2D eigenvalue weighted by Crippen LogP contribution is -2.14. The zero-order chi connectivity index (χ0) is 14.1. The molecule has 0 heterocycles. The summed E-state index contributed by atoms with van der Waals surface area (Å²) in [6.07, 6.45) is 2.91. The molecule has 1 aromatic rings. The third-order valence-corrected chi connectivity index (χ3v) is 2.37. The number of esters is 2. The average Bonchev–Trinajstić information content (AvgIpc) is 2.43. The molecule has 0 saturated heterocycles. The van der Waals surface area contributed by atoms with Crippen molar-refractivity contribution in [2.24, 2.45) is 0 Å². The molecule has 0 spiro atoms. The van der Waals surface area contributed by atoms with Crippen LogP contribution in [0.5, 0.6) is 0 Å². The Kier molecular flexibility index (Phi) is 6.09. The lowest BCUT2D eigenvalue weighted by Gasteiger charge is -2.07. The van der Waals surface area contributed by atoms with Gasteiger partial charge in [0.05, 0.1) is 6.42 Å². The van der Waals surface area contributed by atoms with E-state index in [-0.39, 0.29) is 25.6 Å². The molecule has 0 bridgehead atoms. The van der Waals surface area contributed by atoms with Gasteiger partial charge in [-0.1, -0.05) is 43.5 Å². The van der Waals surface area contributed by atoms with Crippen molar-refractivity contribution in [2.45, 2.75) is 6.42 Å². The van der Waals surface area contributed by atoms with Crippen LogP contribution in [0, 0.1) is 0 Å². The second-order valence-electron chi connectivity index (χ2n) is 3.67. The highest BCUT2D eigenvalue weighted by Gasteiger charge is 2.07. The van der Waals surface area contributed by atoms with Crippen LogP contribution in [0.25, 0.3) is 6.08 Å². The van der Waals surface area contributed by atoms with E-state index in [1.807, 2.05) is 24.3 Å². The molecule has 19 heavy (non-hydrogen) atoms. The zero-order valence-electron chi connectivity index (χ0n) is 10.6. The van der Waals surface area contributed by atoms with Gasteiger partial charge in [-0.25, -0.2) is 4.79 Å². The van der Waals surface area contributed by atoms with E-state index in [9.17, 15) is 9.59 Å². The van der Waals surface area contributed by atoms with Crippen LogP contribution in [0.1, 0.15) is 11.1 Å². The fraction of sp³-hybridized carbons (Fsp3) is 0.200. The lowest BCUT2D eigenvalue weighted by molar-refractivity contribution is -0.149. The number of ether oxygens (including phenoxy) is 2. The molecule has 0 amide bonds. The third kappa shape index (κ3) is 5.21. The van der Waals surface area contributed by atoms with Gasteiger partial charge in [0.15, 0.2) is 0 Å². The minimum atomic E-state index is -0.534. The molecule has 0 aliphatic carbocycles. The quantitative estimate of drug-likeness (QED) is 0.428. The molecule has 0 aliphatic heterocycles. The van der Waals surface area contributed by atoms with Gasteiger partial charge in [0.2, 0.25) is 0 Å². The molecule has 0 fully saturated rings. The first-order valence-electron chi connectivity index (χ1n) is 5.82. The van der Waals surface area contributed by atoms with Crippen molar-refractivity contribution in [3.05, 3.63) is 54.6 Å². The molecule has 0 atom stereocenters. The number of rotatable bonds is 7. The van der Waals surface area contributed by atoms with Crippen LogP contribution in [0.3, 0.4) is 0 Å². The van der Waals surface area contributed by atoms with E-state index >= 15 is 0 Å². The predicted octanol–water partition coefficient (Wildman–Crippen LogP) is 2.14. The summed E-state index contributed by atoms with van der Waals surface area (Å²) >= 11 is 0. The van der Waals surface area contributed by atoms with Crippen molar-refractivity contribution >= 4 is 18.0 Å². The largest absolute Gasteiger partial charge is 0.462 e. The van der Waals surface area contributed by atoms with Crippen molar-refractivity contribution in [2.75, 3.05) is 13.2 Å². The molecule has 0 aliphatic rings. The van der Waals surface area contributed by atoms with Crippen molar-refractivity contribution in [1.82, 2.24) is 0 Å². The van der Waals surface area contributed by atoms with Gasteiger partial charge in [-0.15, -0.1) is 0 Å². The summed E-state index contributed by atoms with van der Waals surface area (Å²) < 4.78 is 9.64. The van der Waals surface area contributed by atoms with Gasteiger partial charge in [-0.05, 0) is 11.1 Å². The molecule has 1 aromatic carbocycles. The minimum Gasteiger partial charge on any atom is -0.462 e. The molecule has 0 radical (unpaired) electrons. The van der Waals surface area contributed by atoms with E-state index in [4.69, 9.17) is 4.74 Å². The van der Waals surface area contributed by atoms with Gasteiger partial charge in [0.1, 0.15) is 13.2 Å². The Balaban J connectivity index is 2.37. The van der Waals surface area contributed by atoms with Crippen LogP contribution in [0.4, 0.5) is 0 Å². The fourth-order valence-corrected chi connectivity index (χ4v) is 1.46. The SMILES string of the molecule is C=CC(=O)OCCOC(=O)Cc1ccccc1C=C. The number of carbonyl (C=O) groups excluding carboxylic acids is 2. The standard InChI is InChI=1S/C15H16O4/c1-3-12-7-5-6-8-13(12)11-15(17)19-10-9-18-14(16)4-2/h3-8H,1-2,9-11H2. The summed E-state index contributed by atoms with van der Waals surface area (Å²) in [5, 5.41) is 0. The zero-order valence-corrected chi connectivity index (χ0v) is 10.6. The second-order valence-corrected chi connectivity index (χ2v) is 3.67. The Morgan fingerprint density at radius 2 is 1.79 bits per heavy atom. The molecule has 4 heteroatoms. The first-order chi connectivity index (χ1) is 9.17. The van der Waals surface area contributed by atoms with E-state index in [0.29, 0.717) is 0 Å². The van der Waals surface area contributed by atoms with Gasteiger partial charge in [-0.3, -0.25) is 4.79 Å². The normalized spacial score (nSPS) is 9.47. The second kappa shape index (κ2) is 7.87. The van der Waals surface area contributed by atoms with Gasteiger partial charge in [0, 0.05) is 6.08 Å². The maximum atomic E-state index is 11.6. The maximum Gasteiger partial charge on any atom is 0.330 e. The first-order valence-corrected chi connectivity index (χ1v) is 5.82. The van der Waals surface area contributed by atoms with Crippen molar-refractivity contribution in [3.63, 3.8) is 0 Å². The predicted molar refractivity (Wildman–Crippen MR) is 72.4 cm³/mol. The smallest absolute Gasteiger partial charge is 0.330 e. The van der Waals surface area contributed by atoms with E-state index in [0.717, 1.165) is 17.2 Å². The van der Waals surface area contributed by atoms with Crippen molar-refractivity contribution in [3.8, 4) is 0 Å². The third-order valence-electron chi connectivity index (χ3n) is 2.37. The van der Waals surface area contributed by atoms with E-state index in [2.05, 4.69) is 17.9 Å². The fourth-order valence-electron chi connectivity index (χ4n) is 1.46. The number of hydrogen-bond donors (Lipinski definition) is 0. The molecule has 1 rings (SSSR count). The van der Waals surface area contributed by atoms with E-state index < -0.39 is 5.97 Å². The summed E-state index contributed by atoms with van der Waals surface area (Å²) in [4.78, 5) is 22.3. The van der Waals surface area contributed by atoms with E-state index in [1.54, 1.807) is 6.08 Å². The van der Waals surface area contributed by atoms with Gasteiger partial charge >= 0.3 is 11.9 Å². The Morgan fingerprint density at radius 1 is 1.11 bits per heavy atom. The summed E-state index contributed by atoms with van der Waals surface area (Å²) in [5.74, 6) is -0.906. The van der Waals surface area contributed by atoms with Crippen LogP contribution < -0.4 is 0 Å². The monoisotopic (exact) mass is 260 g/mol. The van der Waals surface area contributed by atoms with Crippen LogP contribution in [-0.2, 0) is 25.5 Å². The van der Waals surface area contributed by atoms with E-state index in [1.165, 1.54) is 0 Å². The Bertz CT molecular complexity index is 477. The van der Waals surface area contributed by atoms with Gasteiger partial charge in [0.25, 0.3) is 0 Å². The summed E-state index contributed by atoms with van der Waals surface area (Å²) in [7, 11) is 0. The molecular formula is C15H16O4. The minimum absolute atomic E-state index is 0.0275. The molecular weight excluding hydrogens is 244 g/mol. The Hall–Kier alpha value is -2.36. The van der Waals surface area contributed by atoms with Crippen LogP contribution in [0.15, 0.2) is 43.5 Å². The maximum absolute atomic E-state index is 11.6. The number of carbonyl (C=O) groups is 2. The summed E-state index contributed by atoms with van der Waals surface area (Å²) in [6.45, 7) is 7.01. The molecule has 0 N–H and O–H groups in total. The highest BCUT2D eigenvalue weighted by molar-refractivity contribution is 5.81. The molecule has 0 saturated carbocycles. The lowest BCUT2D eigenvalue weighted by atomic mass is 10.1. The van der Waals surface area contributed by atoms with Crippen LogP contribution in [-0.4, -0.2) is 25.2 Å². The van der Waals surface area contributed by atoms with Crippen LogP contribution in [0.2, 0.25) is 0 Å². The number of benzene rings is 1. The van der Waals surface area contributed by atoms with Gasteiger partial charge in [-0.2, -0.15) is 0 Å². The molecule has 4 nitrogen and oxygen atoms in total. The summed E-state index contributed by atoms with van der Waals surface area (Å²) in [6, 6.07) is 7.44. The Morgan fingerprint density at radius 3 is 2.47 bits per heavy atom. The average molecular weight is 260 g/mol. The topological polar surface area (TPSA) is 52.6 Å². The van der Waals surface area contributed by atoms with Crippen LogP contribution >= 0.6 is 0 Å². The Labute approximate surface area is 112 Å².